The topological polar surface area (TPSA) is 160 Å². The zero-order valence-corrected chi connectivity index (χ0v) is 40.9. The molecule has 15 heteroatoms. The standard InChI is InChI=1S/C51H73N7O8/c1-12-34(6)45(51(65)57-28-20-26-39(57)49(63)58-42(59)31-41(66-11)43(58)32(2)3)55(10)48(62)38-25-19-27-56(38)50(64)44(33(4)5)54(9)47(61)37(29-35-21-15-13-16-22-35)52-46(60)40(53(7)8)30-36-23-17-14-18-24-36/h13-18,21-24,31-34,37-40,43-45H,12,19-20,25-30H2,1-11H3,(H,52,60). The highest BCUT2D eigenvalue weighted by Crippen LogP contribution is 2.32. The molecule has 0 saturated carbocycles. The van der Waals surface area contributed by atoms with Crippen LogP contribution in [0.5, 0.6) is 0 Å². The molecule has 5 rings (SSSR count). The van der Waals surface area contributed by atoms with E-state index >= 15 is 0 Å². The number of benzene rings is 2. The van der Waals surface area contributed by atoms with Gasteiger partial charge in [-0.3, -0.25) is 43.4 Å². The van der Waals surface area contributed by atoms with E-state index in [-0.39, 0.29) is 48.4 Å². The van der Waals surface area contributed by atoms with Crippen molar-refractivity contribution in [2.45, 2.75) is 129 Å². The first-order valence-corrected chi connectivity index (χ1v) is 23.7. The van der Waals surface area contributed by atoms with Gasteiger partial charge in [-0.15, -0.1) is 0 Å². The molecule has 0 aliphatic carbocycles. The normalized spacial score (nSPS) is 20.8. The molecule has 0 aromatic heterocycles. The average molecular weight is 912 g/mol. The van der Waals surface area contributed by atoms with Crippen molar-refractivity contribution in [1.82, 2.24) is 34.7 Å². The highest BCUT2D eigenvalue weighted by Gasteiger charge is 2.49. The number of nitrogens with one attached hydrogen (secondary N) is 1. The van der Waals surface area contributed by atoms with Crippen molar-refractivity contribution in [3.63, 3.8) is 0 Å². The number of rotatable bonds is 19. The molecule has 8 atom stereocenters. The molecule has 0 spiro atoms. The largest absolute Gasteiger partial charge is 0.499 e. The van der Waals surface area contributed by atoms with E-state index in [1.165, 1.54) is 32.8 Å². The Balaban J connectivity index is 1.36. The van der Waals surface area contributed by atoms with Crippen molar-refractivity contribution in [2.75, 3.05) is 48.4 Å². The average Bonchev–Trinajstić information content (AvgIpc) is 4.07. The first kappa shape index (κ1) is 51.4. The Kier molecular flexibility index (Phi) is 17.7. The van der Waals surface area contributed by atoms with Crippen molar-refractivity contribution in [1.29, 1.82) is 0 Å². The smallest absolute Gasteiger partial charge is 0.257 e. The number of methoxy groups -OCH3 is 1. The number of hydrogen-bond donors (Lipinski definition) is 1. The second-order valence-electron chi connectivity index (χ2n) is 19.2. The molecule has 3 aliphatic heterocycles. The maximum absolute atomic E-state index is 14.9. The number of imide groups is 1. The first-order chi connectivity index (χ1) is 31.3. The van der Waals surface area contributed by atoms with Gasteiger partial charge in [0.1, 0.15) is 36.0 Å². The van der Waals surface area contributed by atoms with Gasteiger partial charge in [0.2, 0.25) is 29.5 Å². The maximum atomic E-state index is 14.9. The zero-order chi connectivity index (χ0) is 48.6. The van der Waals surface area contributed by atoms with Crippen LogP contribution >= 0.6 is 0 Å². The SMILES string of the molecule is CCC(C)C(C(=O)N1CCCC1C(=O)N1C(=O)C=C(OC)C1C(C)C)N(C)C(=O)C1CCCN1C(=O)C(C(C)C)N(C)C(=O)C(Cc1ccccc1)NC(=O)C(Cc1ccccc1)N(C)C. The molecule has 15 nitrogen and oxygen atoms in total. The summed E-state index contributed by atoms with van der Waals surface area (Å²) in [6, 6.07) is 13.2. The molecular formula is C51H73N7O8. The van der Waals surface area contributed by atoms with Crippen LogP contribution in [0.3, 0.4) is 0 Å². The summed E-state index contributed by atoms with van der Waals surface area (Å²) >= 11 is 0. The number of ether oxygens (including phenoxy) is 1. The minimum atomic E-state index is -0.999. The predicted molar refractivity (Wildman–Crippen MR) is 252 cm³/mol. The van der Waals surface area contributed by atoms with E-state index < -0.39 is 65.9 Å². The summed E-state index contributed by atoms with van der Waals surface area (Å²) in [6.45, 7) is 11.9. The van der Waals surface area contributed by atoms with Crippen LogP contribution in [0.1, 0.15) is 84.8 Å². The van der Waals surface area contributed by atoms with Crippen LogP contribution < -0.4 is 5.32 Å². The lowest BCUT2D eigenvalue weighted by molar-refractivity contribution is -0.157. The fourth-order valence-electron chi connectivity index (χ4n) is 10.00. The van der Waals surface area contributed by atoms with Crippen LogP contribution in [0.4, 0.5) is 0 Å². The number of hydrogen-bond acceptors (Lipinski definition) is 9. The Morgan fingerprint density at radius 3 is 1.79 bits per heavy atom. The Bertz CT molecular complexity index is 2080. The van der Waals surface area contributed by atoms with Crippen molar-refractivity contribution in [2.24, 2.45) is 17.8 Å². The van der Waals surface area contributed by atoms with Gasteiger partial charge in [-0.2, -0.15) is 0 Å². The molecule has 1 N–H and O–H groups in total. The van der Waals surface area contributed by atoms with E-state index in [1.54, 1.807) is 19.0 Å². The van der Waals surface area contributed by atoms with Crippen LogP contribution in [-0.4, -0.2) is 161 Å². The van der Waals surface area contributed by atoms with Crippen molar-refractivity contribution in [3.8, 4) is 0 Å². The third-order valence-electron chi connectivity index (χ3n) is 13.8. The van der Waals surface area contributed by atoms with Crippen molar-refractivity contribution >= 4 is 41.4 Å². The molecule has 3 aliphatic rings. The predicted octanol–water partition coefficient (Wildman–Crippen LogP) is 4.15. The van der Waals surface area contributed by atoms with Gasteiger partial charge in [0.05, 0.1) is 19.2 Å². The minimum absolute atomic E-state index is 0.123. The van der Waals surface area contributed by atoms with Crippen LogP contribution in [-0.2, 0) is 51.1 Å². The Labute approximate surface area is 391 Å². The van der Waals surface area contributed by atoms with Gasteiger partial charge in [0.15, 0.2) is 0 Å². The molecule has 360 valence electrons. The Morgan fingerprint density at radius 1 is 0.742 bits per heavy atom. The van der Waals surface area contributed by atoms with E-state index in [0.29, 0.717) is 50.8 Å². The van der Waals surface area contributed by atoms with Crippen LogP contribution in [0, 0.1) is 17.8 Å². The van der Waals surface area contributed by atoms with E-state index in [9.17, 15) is 33.6 Å². The number of carbonyl (C=O) groups excluding carboxylic acids is 7. The molecule has 8 unspecified atom stereocenters. The van der Waals surface area contributed by atoms with Gasteiger partial charge in [0, 0.05) is 39.7 Å². The second-order valence-corrected chi connectivity index (χ2v) is 19.2. The highest BCUT2D eigenvalue weighted by atomic mass is 16.5. The van der Waals surface area contributed by atoms with Crippen LogP contribution in [0.25, 0.3) is 0 Å². The lowest BCUT2D eigenvalue weighted by atomic mass is 9.94. The molecule has 0 bridgehead atoms. The first-order valence-electron chi connectivity index (χ1n) is 23.7. The van der Waals surface area contributed by atoms with Gasteiger partial charge in [-0.25, -0.2) is 0 Å². The summed E-state index contributed by atoms with van der Waals surface area (Å²) < 4.78 is 5.48. The van der Waals surface area contributed by atoms with Gasteiger partial charge >= 0.3 is 0 Å². The van der Waals surface area contributed by atoms with Crippen molar-refractivity contribution in [3.05, 3.63) is 83.6 Å². The zero-order valence-electron chi connectivity index (χ0n) is 40.9. The highest BCUT2D eigenvalue weighted by molar-refractivity contribution is 6.07. The van der Waals surface area contributed by atoms with Gasteiger partial charge < -0.3 is 29.7 Å². The molecular weight excluding hydrogens is 839 g/mol. The summed E-state index contributed by atoms with van der Waals surface area (Å²) in [5.41, 5.74) is 1.82. The quantitative estimate of drug-likeness (QED) is 0.205. The number of likely N-dealkylation sites (tertiary alicyclic amines) is 2. The Morgan fingerprint density at radius 2 is 1.27 bits per heavy atom. The summed E-state index contributed by atoms with van der Waals surface area (Å²) in [5, 5.41) is 3.05. The molecule has 66 heavy (non-hydrogen) atoms. The molecule has 0 radical (unpaired) electrons. The van der Waals surface area contributed by atoms with Crippen LogP contribution in [0.15, 0.2) is 72.5 Å². The van der Waals surface area contributed by atoms with E-state index in [1.807, 2.05) is 121 Å². The third-order valence-corrected chi connectivity index (χ3v) is 13.8. The van der Waals surface area contributed by atoms with Gasteiger partial charge in [-0.05, 0) is 75.1 Å². The van der Waals surface area contributed by atoms with E-state index in [4.69, 9.17) is 4.74 Å². The molecule has 2 aromatic rings. The Hall–Kier alpha value is -5.57. The summed E-state index contributed by atoms with van der Waals surface area (Å²) in [4.78, 5) is 110. The van der Waals surface area contributed by atoms with Crippen LogP contribution in [0.2, 0.25) is 0 Å². The maximum Gasteiger partial charge on any atom is 0.257 e. The summed E-state index contributed by atoms with van der Waals surface area (Å²) in [7, 11) is 8.29. The van der Waals surface area contributed by atoms with Gasteiger partial charge in [-0.1, -0.05) is 109 Å². The van der Waals surface area contributed by atoms with E-state index in [2.05, 4.69) is 5.32 Å². The second kappa shape index (κ2) is 22.8. The minimum Gasteiger partial charge on any atom is -0.499 e. The molecule has 2 fully saturated rings. The van der Waals surface area contributed by atoms with E-state index in [0.717, 1.165) is 11.1 Å². The number of likely N-dealkylation sites (N-methyl/N-ethyl adjacent to an activating group) is 3. The lowest BCUT2D eigenvalue weighted by Gasteiger charge is -2.40. The summed E-state index contributed by atoms with van der Waals surface area (Å²) in [6.07, 6.45) is 4.36. The fourth-order valence-corrected chi connectivity index (χ4v) is 10.00. The molecule has 7 amide bonds. The fraction of sp³-hybridized carbons (Fsp3) is 0.588. The monoisotopic (exact) mass is 912 g/mol. The summed E-state index contributed by atoms with van der Waals surface area (Å²) in [5.74, 6) is -3.26. The lowest BCUT2D eigenvalue weighted by Crippen LogP contribution is -2.61. The molecule has 2 aromatic carbocycles. The van der Waals surface area contributed by atoms with Crippen molar-refractivity contribution < 1.29 is 38.3 Å². The third kappa shape index (κ3) is 11.3. The number of carbonyl (C=O) groups is 7. The number of amides is 7. The number of nitrogens with zero attached hydrogens (tertiary/aromatic N) is 6. The van der Waals surface area contributed by atoms with Gasteiger partial charge in [0.25, 0.3) is 11.8 Å². The molecule has 3 heterocycles. The molecule has 2 saturated heterocycles.